The Morgan fingerprint density at radius 1 is 1.12 bits per heavy atom. The maximum absolute atomic E-state index is 12.0. The number of aliphatic carboxylic acids is 1. The predicted molar refractivity (Wildman–Crippen MR) is 96.5 cm³/mol. The molecule has 1 heterocycles. The van der Waals surface area contributed by atoms with Gasteiger partial charge in [0.05, 0.1) is 18.7 Å². The summed E-state index contributed by atoms with van der Waals surface area (Å²) in [6, 6.07) is 9.89. The standard InChI is InChI=1S/C19H24N4O3/c24-18(25)16-6-8-17(9-7-16)22-19(26)20-10-15-11-21-23(13-15)12-14-4-2-1-3-5-14/h1-5,11,13,16-17H,6-10,12H2,(H,24,25)(H2,20,22,26). The quantitative estimate of drug-likeness (QED) is 0.740. The summed E-state index contributed by atoms with van der Waals surface area (Å²) in [4.78, 5) is 23.0. The van der Waals surface area contributed by atoms with Crippen LogP contribution in [0.2, 0.25) is 0 Å². The molecule has 0 unspecified atom stereocenters. The van der Waals surface area contributed by atoms with Crippen molar-refractivity contribution in [3.05, 3.63) is 53.9 Å². The summed E-state index contributed by atoms with van der Waals surface area (Å²) in [5.74, 6) is -1.01. The van der Waals surface area contributed by atoms with Gasteiger partial charge in [0.1, 0.15) is 0 Å². The van der Waals surface area contributed by atoms with Gasteiger partial charge in [-0.1, -0.05) is 30.3 Å². The number of nitrogens with zero attached hydrogens (tertiary/aromatic N) is 2. The SMILES string of the molecule is O=C(NCc1cnn(Cc2ccccc2)c1)NC1CCC(C(=O)O)CC1. The van der Waals surface area contributed by atoms with Gasteiger partial charge in [-0.25, -0.2) is 4.79 Å². The lowest BCUT2D eigenvalue weighted by Crippen LogP contribution is -2.43. The van der Waals surface area contributed by atoms with Gasteiger partial charge in [0.25, 0.3) is 0 Å². The lowest BCUT2D eigenvalue weighted by Gasteiger charge is -2.26. The van der Waals surface area contributed by atoms with Crippen LogP contribution in [-0.2, 0) is 17.9 Å². The van der Waals surface area contributed by atoms with Crippen molar-refractivity contribution in [2.45, 2.75) is 44.8 Å². The molecule has 0 atom stereocenters. The van der Waals surface area contributed by atoms with Crippen LogP contribution in [0.4, 0.5) is 4.79 Å². The number of aromatic nitrogens is 2. The summed E-state index contributed by atoms with van der Waals surface area (Å²) in [5.41, 5.74) is 2.11. The second-order valence-electron chi connectivity index (χ2n) is 6.75. The van der Waals surface area contributed by atoms with Gasteiger partial charge in [-0.2, -0.15) is 5.10 Å². The Hall–Kier alpha value is -2.83. The van der Waals surface area contributed by atoms with Crippen molar-refractivity contribution in [3.63, 3.8) is 0 Å². The van der Waals surface area contributed by atoms with E-state index in [0.717, 1.165) is 5.56 Å². The van der Waals surface area contributed by atoms with Gasteiger partial charge in [0.2, 0.25) is 0 Å². The number of hydrogen-bond acceptors (Lipinski definition) is 3. The molecule has 1 aromatic heterocycles. The Morgan fingerprint density at radius 2 is 1.85 bits per heavy atom. The van der Waals surface area contributed by atoms with E-state index >= 15 is 0 Å². The molecule has 1 aliphatic rings. The highest BCUT2D eigenvalue weighted by atomic mass is 16.4. The van der Waals surface area contributed by atoms with E-state index in [-0.39, 0.29) is 18.0 Å². The van der Waals surface area contributed by atoms with Gasteiger partial charge >= 0.3 is 12.0 Å². The van der Waals surface area contributed by atoms with Gasteiger partial charge in [0, 0.05) is 24.3 Å². The van der Waals surface area contributed by atoms with E-state index in [0.29, 0.717) is 38.8 Å². The normalized spacial score (nSPS) is 19.7. The molecule has 0 aliphatic heterocycles. The zero-order chi connectivity index (χ0) is 18.4. The molecule has 1 fully saturated rings. The molecule has 26 heavy (non-hydrogen) atoms. The minimum atomic E-state index is -0.736. The number of carboxylic acid groups (broad SMARTS) is 1. The summed E-state index contributed by atoms with van der Waals surface area (Å²) >= 11 is 0. The highest BCUT2D eigenvalue weighted by Gasteiger charge is 2.26. The molecule has 7 nitrogen and oxygen atoms in total. The van der Waals surface area contributed by atoms with Crippen molar-refractivity contribution >= 4 is 12.0 Å². The van der Waals surface area contributed by atoms with Crippen LogP contribution >= 0.6 is 0 Å². The molecule has 0 radical (unpaired) electrons. The molecule has 3 N–H and O–H groups in total. The molecule has 0 spiro atoms. The van der Waals surface area contributed by atoms with Crippen LogP contribution in [0.15, 0.2) is 42.7 Å². The van der Waals surface area contributed by atoms with E-state index in [1.54, 1.807) is 6.20 Å². The van der Waals surface area contributed by atoms with Gasteiger partial charge in [0.15, 0.2) is 0 Å². The van der Waals surface area contributed by atoms with Gasteiger partial charge in [-0.3, -0.25) is 9.48 Å². The molecule has 1 aromatic carbocycles. The zero-order valence-corrected chi connectivity index (χ0v) is 14.6. The van der Waals surface area contributed by atoms with Crippen molar-refractivity contribution in [2.75, 3.05) is 0 Å². The molecular weight excluding hydrogens is 332 g/mol. The topological polar surface area (TPSA) is 96.3 Å². The molecule has 2 aromatic rings. The van der Waals surface area contributed by atoms with Crippen LogP contribution in [-0.4, -0.2) is 32.9 Å². The molecule has 1 saturated carbocycles. The number of amides is 2. The average Bonchev–Trinajstić information content (AvgIpc) is 3.09. The van der Waals surface area contributed by atoms with Crippen molar-refractivity contribution in [2.24, 2.45) is 5.92 Å². The number of carbonyl (C=O) groups is 2. The fraction of sp³-hybridized carbons (Fsp3) is 0.421. The molecule has 0 bridgehead atoms. The fourth-order valence-electron chi connectivity index (χ4n) is 3.26. The van der Waals surface area contributed by atoms with Crippen LogP contribution in [0.1, 0.15) is 36.8 Å². The number of urea groups is 1. The largest absolute Gasteiger partial charge is 0.481 e. The van der Waals surface area contributed by atoms with E-state index in [9.17, 15) is 9.59 Å². The van der Waals surface area contributed by atoms with Gasteiger partial charge < -0.3 is 15.7 Å². The first kappa shape index (κ1) is 18.0. The Balaban J connectivity index is 1.40. The molecule has 138 valence electrons. The Kier molecular flexibility index (Phi) is 5.88. The first-order valence-corrected chi connectivity index (χ1v) is 8.92. The predicted octanol–water partition coefficient (Wildman–Crippen LogP) is 2.37. The van der Waals surface area contributed by atoms with Gasteiger partial charge in [-0.05, 0) is 31.2 Å². The number of benzene rings is 1. The molecule has 2 amide bonds. The number of hydrogen-bond donors (Lipinski definition) is 3. The lowest BCUT2D eigenvalue weighted by molar-refractivity contribution is -0.142. The van der Waals surface area contributed by atoms with Crippen LogP contribution in [0.25, 0.3) is 0 Å². The number of nitrogens with one attached hydrogen (secondary N) is 2. The van der Waals surface area contributed by atoms with E-state index in [2.05, 4.69) is 15.7 Å². The average molecular weight is 356 g/mol. The first-order valence-electron chi connectivity index (χ1n) is 8.92. The summed E-state index contributed by atoms with van der Waals surface area (Å²) < 4.78 is 1.84. The van der Waals surface area contributed by atoms with Crippen molar-refractivity contribution in [1.29, 1.82) is 0 Å². The summed E-state index contributed by atoms with van der Waals surface area (Å²) in [7, 11) is 0. The summed E-state index contributed by atoms with van der Waals surface area (Å²) in [5, 5.41) is 19.1. The van der Waals surface area contributed by atoms with Crippen LogP contribution < -0.4 is 10.6 Å². The summed E-state index contributed by atoms with van der Waals surface area (Å²) in [6.07, 6.45) is 6.32. The van der Waals surface area contributed by atoms with E-state index in [1.165, 1.54) is 5.56 Å². The second kappa shape index (κ2) is 8.51. The fourth-order valence-corrected chi connectivity index (χ4v) is 3.26. The van der Waals surface area contributed by atoms with E-state index < -0.39 is 5.97 Å². The Labute approximate surface area is 152 Å². The molecule has 1 aliphatic carbocycles. The molecule has 0 saturated heterocycles. The van der Waals surface area contributed by atoms with Gasteiger partial charge in [-0.15, -0.1) is 0 Å². The maximum atomic E-state index is 12.0. The highest BCUT2D eigenvalue weighted by Crippen LogP contribution is 2.24. The minimum absolute atomic E-state index is 0.0476. The number of carbonyl (C=O) groups excluding carboxylic acids is 1. The van der Waals surface area contributed by atoms with E-state index in [1.807, 2.05) is 41.2 Å². The third-order valence-electron chi connectivity index (χ3n) is 4.74. The third kappa shape index (κ3) is 5.08. The zero-order valence-electron chi connectivity index (χ0n) is 14.6. The van der Waals surface area contributed by atoms with Crippen LogP contribution in [0.5, 0.6) is 0 Å². The smallest absolute Gasteiger partial charge is 0.315 e. The van der Waals surface area contributed by atoms with Crippen molar-refractivity contribution in [3.8, 4) is 0 Å². The second-order valence-corrected chi connectivity index (χ2v) is 6.75. The monoisotopic (exact) mass is 356 g/mol. The minimum Gasteiger partial charge on any atom is -0.481 e. The Morgan fingerprint density at radius 3 is 2.54 bits per heavy atom. The third-order valence-corrected chi connectivity index (χ3v) is 4.74. The number of rotatable bonds is 6. The summed E-state index contributed by atoms with van der Waals surface area (Å²) in [6.45, 7) is 1.10. The van der Waals surface area contributed by atoms with Crippen molar-refractivity contribution < 1.29 is 14.7 Å². The number of carboxylic acids is 1. The molecular formula is C19H24N4O3. The van der Waals surface area contributed by atoms with Crippen molar-refractivity contribution in [1.82, 2.24) is 20.4 Å². The van der Waals surface area contributed by atoms with Crippen LogP contribution in [0, 0.1) is 5.92 Å². The molecule has 7 heteroatoms. The lowest BCUT2D eigenvalue weighted by atomic mass is 9.86. The van der Waals surface area contributed by atoms with Crippen LogP contribution in [0.3, 0.4) is 0 Å². The van der Waals surface area contributed by atoms with E-state index in [4.69, 9.17) is 5.11 Å². The highest BCUT2D eigenvalue weighted by molar-refractivity contribution is 5.74. The Bertz CT molecular complexity index is 736. The maximum Gasteiger partial charge on any atom is 0.315 e. The molecule has 3 rings (SSSR count). The first-order chi connectivity index (χ1) is 12.6.